The Kier molecular flexibility index (Phi) is 8.43. The van der Waals surface area contributed by atoms with E-state index < -0.39 is 22.6 Å². The first-order chi connectivity index (χ1) is 15.6. The molecule has 3 N–H and O–H groups in total. The third kappa shape index (κ3) is 7.02. The highest BCUT2D eigenvalue weighted by molar-refractivity contribution is 6.39. The number of hydrogen-bond donors (Lipinski definition) is 3. The van der Waals surface area contributed by atoms with Crippen molar-refractivity contribution in [3.63, 3.8) is 0 Å². The minimum absolute atomic E-state index is 0.0193. The highest BCUT2D eigenvalue weighted by Gasteiger charge is 2.18. The lowest BCUT2D eigenvalue weighted by atomic mass is 10.2. The van der Waals surface area contributed by atoms with E-state index in [4.69, 9.17) is 9.47 Å². The minimum atomic E-state index is -1.05. The number of hydrogen-bond acceptors (Lipinski definition) is 8. The average Bonchev–Trinajstić information content (AvgIpc) is 2.77. The Bertz CT molecular complexity index is 1110. The highest BCUT2D eigenvalue weighted by Crippen LogP contribution is 2.29. The molecule has 2 rings (SSSR count). The van der Waals surface area contributed by atoms with E-state index in [9.17, 15) is 24.5 Å². The number of rotatable bonds is 8. The van der Waals surface area contributed by atoms with Gasteiger partial charge in [-0.1, -0.05) is 6.07 Å². The molecule has 0 aliphatic carbocycles. The summed E-state index contributed by atoms with van der Waals surface area (Å²) >= 11 is 0. The zero-order valence-corrected chi connectivity index (χ0v) is 18.4. The van der Waals surface area contributed by atoms with Gasteiger partial charge in [-0.3, -0.25) is 24.5 Å². The molecule has 0 aliphatic heterocycles. The van der Waals surface area contributed by atoms with Crippen LogP contribution in [0.4, 0.5) is 17.1 Å². The van der Waals surface area contributed by atoms with Gasteiger partial charge in [-0.05, 0) is 43.7 Å². The molecule has 3 amide bonds. The van der Waals surface area contributed by atoms with Gasteiger partial charge in [-0.25, -0.2) is 5.43 Å². The molecule has 0 saturated carbocycles. The molecule has 0 aromatic heterocycles. The van der Waals surface area contributed by atoms with Crippen LogP contribution in [0.3, 0.4) is 0 Å². The van der Waals surface area contributed by atoms with Crippen molar-refractivity contribution in [2.24, 2.45) is 5.10 Å². The van der Waals surface area contributed by atoms with E-state index in [1.54, 1.807) is 18.2 Å². The lowest BCUT2D eigenvalue weighted by Gasteiger charge is -2.10. The fourth-order valence-corrected chi connectivity index (χ4v) is 2.66. The molecule has 2 aromatic carbocycles. The van der Waals surface area contributed by atoms with Crippen LogP contribution >= 0.6 is 0 Å². The number of amides is 3. The maximum atomic E-state index is 12.2. The average molecular weight is 457 g/mol. The van der Waals surface area contributed by atoms with Crippen molar-refractivity contribution in [2.45, 2.75) is 20.3 Å². The van der Waals surface area contributed by atoms with Crippen LogP contribution in [0, 0.1) is 17.0 Å². The predicted octanol–water partition coefficient (Wildman–Crippen LogP) is 2.38. The molecular weight excluding hydrogens is 434 g/mol. The summed E-state index contributed by atoms with van der Waals surface area (Å²) in [6, 6.07) is 9.06. The summed E-state index contributed by atoms with van der Waals surface area (Å²) in [6.45, 7) is 3.26. The second kappa shape index (κ2) is 11.2. The monoisotopic (exact) mass is 457 g/mol. The maximum Gasteiger partial charge on any atom is 0.329 e. The second-order valence-corrected chi connectivity index (χ2v) is 6.81. The van der Waals surface area contributed by atoms with Gasteiger partial charge in [0.2, 0.25) is 5.91 Å². The Morgan fingerprint density at radius 3 is 2.36 bits per heavy atom. The van der Waals surface area contributed by atoms with Crippen molar-refractivity contribution in [3.05, 3.63) is 52.1 Å². The third-order valence-electron chi connectivity index (χ3n) is 4.25. The van der Waals surface area contributed by atoms with E-state index in [1.165, 1.54) is 39.3 Å². The van der Waals surface area contributed by atoms with Crippen LogP contribution in [0.2, 0.25) is 0 Å². The van der Waals surface area contributed by atoms with Gasteiger partial charge in [-0.15, -0.1) is 0 Å². The number of aryl methyl sites for hydroxylation is 1. The molecule has 12 nitrogen and oxygen atoms in total. The molecule has 0 bridgehead atoms. The molecular formula is C21H23N5O7. The Morgan fingerprint density at radius 1 is 1.00 bits per heavy atom. The Hall–Kier alpha value is -4.48. The summed E-state index contributed by atoms with van der Waals surface area (Å²) in [6.07, 6.45) is -0.281. The van der Waals surface area contributed by atoms with Gasteiger partial charge in [0.1, 0.15) is 17.2 Å². The van der Waals surface area contributed by atoms with Crippen molar-refractivity contribution < 1.29 is 28.8 Å². The Labute approximate surface area is 189 Å². The van der Waals surface area contributed by atoms with E-state index in [1.807, 2.05) is 6.92 Å². The van der Waals surface area contributed by atoms with Gasteiger partial charge >= 0.3 is 11.8 Å². The van der Waals surface area contributed by atoms with Crippen LogP contribution in [0.25, 0.3) is 0 Å². The van der Waals surface area contributed by atoms with E-state index in [-0.39, 0.29) is 29.3 Å². The number of nitrogens with one attached hydrogen (secondary N) is 3. The van der Waals surface area contributed by atoms with Crippen molar-refractivity contribution in [3.8, 4) is 11.5 Å². The lowest BCUT2D eigenvalue weighted by Crippen LogP contribution is -2.33. The number of nitrogens with zero attached hydrogens (tertiary/aromatic N) is 2. The zero-order valence-electron chi connectivity index (χ0n) is 18.4. The summed E-state index contributed by atoms with van der Waals surface area (Å²) in [4.78, 5) is 46.9. The van der Waals surface area contributed by atoms with Gasteiger partial charge in [0.15, 0.2) is 0 Å². The zero-order chi connectivity index (χ0) is 24.5. The summed E-state index contributed by atoms with van der Waals surface area (Å²) in [5.74, 6) is -1.99. The molecule has 0 radical (unpaired) electrons. The number of methoxy groups -OCH3 is 2. The summed E-state index contributed by atoms with van der Waals surface area (Å²) in [5, 5.41) is 19.8. The van der Waals surface area contributed by atoms with Gasteiger partial charge in [0.25, 0.3) is 5.69 Å². The molecule has 2 aromatic rings. The highest BCUT2D eigenvalue weighted by atomic mass is 16.6. The standard InChI is InChI=1S/C21H23N5O7/c1-12-5-8-18(33-4)16(9-12)23-20(28)21(29)25-24-13(2)10-19(27)22-15-7-6-14(32-3)11-17(15)26(30)31/h5-9,11H,10H2,1-4H3,(H,22,27)(H,23,28)(H,25,29)/b24-13+. The van der Waals surface area contributed by atoms with Gasteiger partial charge in [-0.2, -0.15) is 5.10 Å². The number of anilines is 2. The Balaban J connectivity index is 1.96. The van der Waals surface area contributed by atoms with Crippen molar-refractivity contribution in [1.29, 1.82) is 0 Å². The van der Waals surface area contributed by atoms with Crippen molar-refractivity contribution in [1.82, 2.24) is 5.43 Å². The van der Waals surface area contributed by atoms with Gasteiger partial charge < -0.3 is 20.1 Å². The fourth-order valence-electron chi connectivity index (χ4n) is 2.66. The number of carbonyl (C=O) groups excluding carboxylic acids is 3. The molecule has 174 valence electrons. The fraction of sp³-hybridized carbons (Fsp3) is 0.238. The number of nitro groups is 1. The normalized spacial score (nSPS) is 10.7. The smallest absolute Gasteiger partial charge is 0.329 e. The number of benzene rings is 2. The molecule has 0 spiro atoms. The van der Waals surface area contributed by atoms with Crippen LogP contribution in [-0.2, 0) is 14.4 Å². The van der Waals surface area contributed by atoms with E-state index in [0.29, 0.717) is 11.4 Å². The number of hydrazone groups is 1. The molecule has 0 fully saturated rings. The summed E-state index contributed by atoms with van der Waals surface area (Å²) in [5.41, 5.74) is 3.04. The quantitative estimate of drug-likeness (QED) is 0.237. The topological polar surface area (TPSA) is 161 Å². The van der Waals surface area contributed by atoms with Gasteiger partial charge in [0.05, 0.1) is 37.3 Å². The first kappa shape index (κ1) is 24.8. The van der Waals surface area contributed by atoms with Crippen molar-refractivity contribution >= 4 is 40.5 Å². The van der Waals surface area contributed by atoms with Crippen LogP contribution in [0.15, 0.2) is 41.5 Å². The largest absolute Gasteiger partial charge is 0.496 e. The van der Waals surface area contributed by atoms with Crippen LogP contribution < -0.4 is 25.5 Å². The van der Waals surface area contributed by atoms with E-state index in [0.717, 1.165) is 5.56 Å². The maximum absolute atomic E-state index is 12.2. The molecule has 0 atom stereocenters. The molecule has 12 heteroatoms. The summed E-state index contributed by atoms with van der Waals surface area (Å²) < 4.78 is 10.1. The summed E-state index contributed by atoms with van der Waals surface area (Å²) in [7, 11) is 2.79. The van der Waals surface area contributed by atoms with Gasteiger partial charge in [0, 0.05) is 5.71 Å². The minimum Gasteiger partial charge on any atom is -0.496 e. The van der Waals surface area contributed by atoms with Crippen molar-refractivity contribution in [2.75, 3.05) is 24.9 Å². The first-order valence-electron chi connectivity index (χ1n) is 9.56. The Morgan fingerprint density at radius 2 is 1.73 bits per heavy atom. The van der Waals surface area contributed by atoms with Crippen LogP contribution in [-0.4, -0.2) is 42.6 Å². The first-order valence-corrected chi connectivity index (χ1v) is 9.56. The number of nitro benzene ring substituents is 1. The molecule has 33 heavy (non-hydrogen) atoms. The second-order valence-electron chi connectivity index (χ2n) is 6.81. The third-order valence-corrected chi connectivity index (χ3v) is 4.25. The SMILES string of the molecule is COc1ccc(NC(=O)C/C(C)=N/NC(=O)C(=O)Nc2cc(C)ccc2OC)c([N+](=O)[O-])c1. The van der Waals surface area contributed by atoms with E-state index >= 15 is 0 Å². The molecule has 0 saturated heterocycles. The molecule has 0 heterocycles. The number of ether oxygens (including phenoxy) is 2. The van der Waals surface area contributed by atoms with Crippen LogP contribution in [0.5, 0.6) is 11.5 Å². The van der Waals surface area contributed by atoms with Crippen LogP contribution in [0.1, 0.15) is 18.9 Å². The molecule has 0 unspecified atom stereocenters. The molecule has 0 aliphatic rings. The predicted molar refractivity (Wildman–Crippen MR) is 121 cm³/mol. The lowest BCUT2D eigenvalue weighted by molar-refractivity contribution is -0.384. The van der Waals surface area contributed by atoms with E-state index in [2.05, 4.69) is 21.2 Å². The number of carbonyl (C=O) groups is 3.